The van der Waals surface area contributed by atoms with E-state index >= 15 is 0 Å². The van der Waals surface area contributed by atoms with Crippen molar-refractivity contribution in [3.05, 3.63) is 75.9 Å². The van der Waals surface area contributed by atoms with Crippen molar-refractivity contribution in [3.63, 3.8) is 0 Å². The fraction of sp³-hybridized carbons (Fsp3) is 0.438. The average molecular weight is 550 g/mol. The highest BCUT2D eigenvalue weighted by Crippen LogP contribution is 2.46. The van der Waals surface area contributed by atoms with E-state index in [1.54, 1.807) is 12.1 Å². The molecular formula is C32H39NO7. The Morgan fingerprint density at radius 3 is 2.48 bits per heavy atom. The SMILES string of the molecule is CC(C)=CCC/C(C)=C/CCC1(C)Oc2c(c(O)cc3c2CN([C@@H](Cc2ccc(O)cc2)C(=O)O)C3=O)CC1O. The quantitative estimate of drug-likeness (QED) is 0.297. The number of fused-ring (bicyclic) bond motifs is 3. The standard InChI is InChI=1S/C32H39NO7/c1-19(2)7-5-8-20(3)9-6-14-32(4)28(36)17-24-27(35)16-23-25(29(24)40-32)18-33(30(23)37)26(31(38)39)15-21-10-12-22(34)13-11-21/h7,9-13,16,26,28,34-36H,5-6,8,14-15,17-18H2,1-4H3,(H,38,39)/b20-9+/t26-,28?,32?/m0/s1. The Morgan fingerprint density at radius 2 is 1.82 bits per heavy atom. The number of aliphatic hydroxyl groups excluding tert-OH is 1. The number of aliphatic carboxylic acids is 1. The number of carbonyl (C=O) groups is 2. The normalized spacial score (nSPS) is 20.9. The first-order valence-corrected chi connectivity index (χ1v) is 13.7. The van der Waals surface area contributed by atoms with Crippen molar-refractivity contribution in [1.29, 1.82) is 0 Å². The molecule has 2 unspecified atom stereocenters. The summed E-state index contributed by atoms with van der Waals surface area (Å²) < 4.78 is 6.42. The van der Waals surface area contributed by atoms with Crippen LogP contribution >= 0.6 is 0 Å². The molecule has 8 nitrogen and oxygen atoms in total. The van der Waals surface area contributed by atoms with Crippen LogP contribution in [-0.2, 0) is 24.2 Å². The number of allylic oxidation sites excluding steroid dienone is 4. The van der Waals surface area contributed by atoms with E-state index in [9.17, 15) is 30.0 Å². The first-order chi connectivity index (χ1) is 18.9. The Labute approximate surface area is 235 Å². The van der Waals surface area contributed by atoms with Gasteiger partial charge in [-0.3, -0.25) is 4.79 Å². The molecule has 40 heavy (non-hydrogen) atoms. The van der Waals surface area contributed by atoms with Gasteiger partial charge in [-0.05, 0) is 77.1 Å². The zero-order chi connectivity index (χ0) is 29.2. The molecule has 3 atom stereocenters. The smallest absolute Gasteiger partial charge is 0.326 e. The van der Waals surface area contributed by atoms with Crippen molar-refractivity contribution >= 4 is 11.9 Å². The predicted molar refractivity (Wildman–Crippen MR) is 152 cm³/mol. The van der Waals surface area contributed by atoms with Crippen molar-refractivity contribution in [1.82, 2.24) is 4.90 Å². The second-order valence-corrected chi connectivity index (χ2v) is 11.4. The molecule has 2 heterocycles. The third-order valence-corrected chi connectivity index (χ3v) is 7.97. The number of hydrogen-bond acceptors (Lipinski definition) is 6. The summed E-state index contributed by atoms with van der Waals surface area (Å²) >= 11 is 0. The highest BCUT2D eigenvalue weighted by molar-refractivity contribution is 6.02. The number of carbonyl (C=O) groups excluding carboxylic acids is 1. The lowest BCUT2D eigenvalue weighted by molar-refractivity contribution is -0.142. The summed E-state index contributed by atoms with van der Waals surface area (Å²) in [4.78, 5) is 27.0. The Hall–Kier alpha value is -3.78. The predicted octanol–water partition coefficient (Wildman–Crippen LogP) is 5.28. The largest absolute Gasteiger partial charge is 0.508 e. The molecule has 2 aliphatic heterocycles. The average Bonchev–Trinajstić information content (AvgIpc) is 3.20. The van der Waals surface area contributed by atoms with E-state index < -0.39 is 29.6 Å². The summed E-state index contributed by atoms with van der Waals surface area (Å²) in [6.07, 6.45) is 6.90. The van der Waals surface area contributed by atoms with Crippen LogP contribution in [0.3, 0.4) is 0 Å². The summed E-state index contributed by atoms with van der Waals surface area (Å²) in [5.41, 5.74) is 3.44. The summed E-state index contributed by atoms with van der Waals surface area (Å²) in [7, 11) is 0. The van der Waals surface area contributed by atoms with Gasteiger partial charge in [0.2, 0.25) is 0 Å². The lowest BCUT2D eigenvalue weighted by Gasteiger charge is -2.41. The topological polar surface area (TPSA) is 128 Å². The Balaban J connectivity index is 1.56. The highest BCUT2D eigenvalue weighted by atomic mass is 16.5. The first-order valence-electron chi connectivity index (χ1n) is 13.7. The number of phenolic OH excluding ortho intramolecular Hbond substituents is 2. The fourth-order valence-corrected chi connectivity index (χ4v) is 5.46. The van der Waals surface area contributed by atoms with Gasteiger partial charge in [-0.1, -0.05) is 35.4 Å². The number of carboxylic acids is 1. The molecule has 2 aromatic rings. The molecule has 0 spiro atoms. The van der Waals surface area contributed by atoms with Gasteiger partial charge in [0.25, 0.3) is 5.91 Å². The number of nitrogens with zero attached hydrogens (tertiary/aromatic N) is 1. The highest BCUT2D eigenvalue weighted by Gasteiger charge is 2.45. The molecular weight excluding hydrogens is 510 g/mol. The summed E-state index contributed by atoms with van der Waals surface area (Å²) in [6, 6.07) is 6.40. The molecule has 0 radical (unpaired) electrons. The van der Waals surface area contributed by atoms with E-state index in [0.717, 1.165) is 12.8 Å². The molecule has 0 fully saturated rings. The van der Waals surface area contributed by atoms with Crippen LogP contribution in [0.25, 0.3) is 0 Å². The van der Waals surface area contributed by atoms with Crippen molar-refractivity contribution in [2.45, 2.75) is 90.5 Å². The summed E-state index contributed by atoms with van der Waals surface area (Å²) in [5.74, 6) is -1.37. The van der Waals surface area contributed by atoms with Gasteiger partial charge >= 0.3 is 5.97 Å². The van der Waals surface area contributed by atoms with E-state index in [1.807, 2.05) is 6.92 Å². The number of hydrogen-bond donors (Lipinski definition) is 4. The van der Waals surface area contributed by atoms with E-state index in [2.05, 4.69) is 32.9 Å². The number of carboxylic acid groups (broad SMARTS) is 1. The van der Waals surface area contributed by atoms with Gasteiger partial charge < -0.3 is 30.1 Å². The third kappa shape index (κ3) is 6.17. The number of rotatable bonds is 10. The molecule has 8 heteroatoms. The number of aromatic hydroxyl groups is 2. The lowest BCUT2D eigenvalue weighted by Crippen LogP contribution is -2.49. The monoisotopic (exact) mass is 549 g/mol. The van der Waals surface area contributed by atoms with Gasteiger partial charge in [0, 0.05) is 24.0 Å². The Kier molecular flexibility index (Phi) is 8.59. The third-order valence-electron chi connectivity index (χ3n) is 7.97. The zero-order valence-electron chi connectivity index (χ0n) is 23.6. The van der Waals surface area contributed by atoms with Gasteiger partial charge in [-0.2, -0.15) is 0 Å². The van der Waals surface area contributed by atoms with Crippen molar-refractivity contribution in [2.24, 2.45) is 0 Å². The van der Waals surface area contributed by atoms with Gasteiger partial charge in [-0.15, -0.1) is 0 Å². The number of aliphatic hydroxyl groups is 1. The Bertz CT molecular complexity index is 1340. The number of ether oxygens (including phenoxy) is 1. The maximum atomic E-state index is 13.4. The first kappa shape index (κ1) is 29.2. The molecule has 214 valence electrons. The molecule has 2 aromatic carbocycles. The molecule has 4 N–H and O–H groups in total. The van der Waals surface area contributed by atoms with Gasteiger partial charge in [0.1, 0.15) is 28.9 Å². The van der Waals surface area contributed by atoms with Crippen LogP contribution in [0, 0.1) is 0 Å². The van der Waals surface area contributed by atoms with Crippen LogP contribution in [0.2, 0.25) is 0 Å². The van der Waals surface area contributed by atoms with E-state index in [0.29, 0.717) is 35.3 Å². The zero-order valence-corrected chi connectivity index (χ0v) is 23.6. The summed E-state index contributed by atoms with van der Waals surface area (Å²) in [5, 5.41) is 41.4. The van der Waals surface area contributed by atoms with Crippen LogP contribution in [0.5, 0.6) is 17.2 Å². The number of phenols is 2. The van der Waals surface area contributed by atoms with Crippen molar-refractivity contribution < 1.29 is 34.8 Å². The van der Waals surface area contributed by atoms with Crippen molar-refractivity contribution in [2.75, 3.05) is 0 Å². The van der Waals surface area contributed by atoms with Gasteiger partial charge in [0.05, 0.1) is 18.2 Å². The molecule has 0 aliphatic carbocycles. The van der Waals surface area contributed by atoms with Crippen LogP contribution in [0.15, 0.2) is 53.6 Å². The minimum atomic E-state index is -1.15. The number of amides is 1. The van der Waals surface area contributed by atoms with Gasteiger partial charge in [-0.25, -0.2) is 4.79 Å². The van der Waals surface area contributed by atoms with E-state index in [1.165, 1.54) is 34.2 Å². The fourth-order valence-electron chi connectivity index (χ4n) is 5.46. The molecule has 1 amide bonds. The van der Waals surface area contributed by atoms with Crippen molar-refractivity contribution in [3.8, 4) is 17.2 Å². The summed E-state index contributed by atoms with van der Waals surface area (Å²) in [6.45, 7) is 8.11. The van der Waals surface area contributed by atoms with E-state index in [-0.39, 0.29) is 36.4 Å². The van der Waals surface area contributed by atoms with E-state index in [4.69, 9.17) is 4.74 Å². The van der Waals surface area contributed by atoms with Crippen LogP contribution in [-0.4, -0.2) is 54.9 Å². The second kappa shape index (κ2) is 11.8. The molecule has 0 saturated carbocycles. The maximum Gasteiger partial charge on any atom is 0.326 e. The molecule has 0 saturated heterocycles. The maximum absolute atomic E-state index is 13.4. The van der Waals surface area contributed by atoms with Crippen LogP contribution in [0.4, 0.5) is 0 Å². The van der Waals surface area contributed by atoms with Gasteiger partial charge in [0.15, 0.2) is 0 Å². The molecule has 2 aliphatic rings. The lowest BCUT2D eigenvalue weighted by atomic mass is 9.84. The second-order valence-electron chi connectivity index (χ2n) is 11.4. The molecule has 0 aromatic heterocycles. The van der Waals surface area contributed by atoms with Crippen LogP contribution in [0.1, 0.15) is 80.4 Å². The minimum absolute atomic E-state index is 0.0153. The molecule has 0 bridgehead atoms. The molecule has 4 rings (SSSR count). The number of benzene rings is 2. The Morgan fingerprint density at radius 1 is 1.12 bits per heavy atom. The van der Waals surface area contributed by atoms with Crippen LogP contribution < -0.4 is 4.74 Å². The minimum Gasteiger partial charge on any atom is -0.508 e.